The van der Waals surface area contributed by atoms with Crippen molar-refractivity contribution in [1.82, 2.24) is 9.78 Å². The maximum Gasteiger partial charge on any atom is 0.0650 e. The number of aromatic nitrogens is 2. The summed E-state index contributed by atoms with van der Waals surface area (Å²) in [6, 6.07) is 2.57. The van der Waals surface area contributed by atoms with Crippen LogP contribution in [-0.4, -0.2) is 21.0 Å². The van der Waals surface area contributed by atoms with E-state index in [1.807, 2.05) is 0 Å². The Morgan fingerprint density at radius 3 is 2.68 bits per heavy atom. The molecule has 0 amide bonds. The largest absolute Gasteiger partial charge is 0.392 e. The highest BCUT2D eigenvalue weighted by Crippen LogP contribution is 2.34. The predicted molar refractivity (Wildman–Crippen MR) is 78.1 cm³/mol. The van der Waals surface area contributed by atoms with Crippen LogP contribution < -0.4 is 0 Å². The van der Waals surface area contributed by atoms with Gasteiger partial charge in [0.1, 0.15) is 0 Å². The van der Waals surface area contributed by atoms with Crippen molar-refractivity contribution < 1.29 is 5.11 Å². The third-order valence-corrected chi connectivity index (χ3v) is 4.82. The summed E-state index contributed by atoms with van der Waals surface area (Å²) in [6.07, 6.45) is 8.49. The van der Waals surface area contributed by atoms with Gasteiger partial charge in [0.05, 0.1) is 17.8 Å². The van der Waals surface area contributed by atoms with Crippen LogP contribution in [0.2, 0.25) is 0 Å². The van der Waals surface area contributed by atoms with Crippen molar-refractivity contribution >= 4 is 0 Å². The second-order valence-electron chi connectivity index (χ2n) is 6.10. The second kappa shape index (κ2) is 6.56. The molecule has 1 N–H and O–H groups in total. The molecule has 2 rings (SSSR count). The van der Waals surface area contributed by atoms with Gasteiger partial charge in [0.2, 0.25) is 0 Å². The summed E-state index contributed by atoms with van der Waals surface area (Å²) in [6.45, 7) is 6.67. The molecule has 1 aromatic rings. The van der Waals surface area contributed by atoms with Crippen LogP contribution in [0.25, 0.3) is 0 Å². The van der Waals surface area contributed by atoms with Gasteiger partial charge in [-0.3, -0.25) is 4.68 Å². The van der Waals surface area contributed by atoms with E-state index in [9.17, 15) is 5.11 Å². The highest BCUT2D eigenvalue weighted by molar-refractivity contribution is 5.02. The fourth-order valence-corrected chi connectivity index (χ4v) is 3.46. The van der Waals surface area contributed by atoms with E-state index in [2.05, 4.69) is 42.8 Å². The molecule has 3 unspecified atom stereocenters. The van der Waals surface area contributed by atoms with Crippen molar-refractivity contribution in [2.75, 3.05) is 0 Å². The monoisotopic (exact) mass is 264 g/mol. The molecule has 1 aliphatic rings. The van der Waals surface area contributed by atoms with Gasteiger partial charge in [-0.25, -0.2) is 0 Å². The number of aliphatic hydroxyl groups is 1. The first-order chi connectivity index (χ1) is 9.15. The van der Waals surface area contributed by atoms with Gasteiger partial charge in [0, 0.05) is 12.6 Å². The summed E-state index contributed by atoms with van der Waals surface area (Å²) in [5, 5.41) is 15.0. The number of rotatable bonds is 6. The lowest BCUT2D eigenvalue weighted by Crippen LogP contribution is -2.25. The number of nitrogens with zero attached hydrogens (tertiary/aromatic N) is 2. The van der Waals surface area contributed by atoms with Gasteiger partial charge in [0.15, 0.2) is 0 Å². The van der Waals surface area contributed by atoms with Gasteiger partial charge in [-0.05, 0) is 37.2 Å². The van der Waals surface area contributed by atoms with Crippen LogP contribution in [0.3, 0.4) is 0 Å². The highest BCUT2D eigenvalue weighted by Gasteiger charge is 2.30. The van der Waals surface area contributed by atoms with Crippen molar-refractivity contribution in [3.05, 3.63) is 18.0 Å². The summed E-state index contributed by atoms with van der Waals surface area (Å²) in [7, 11) is 0. The zero-order chi connectivity index (χ0) is 13.8. The number of aliphatic hydroxyl groups excluding tert-OH is 1. The third-order valence-electron chi connectivity index (χ3n) is 4.82. The van der Waals surface area contributed by atoms with E-state index in [4.69, 9.17) is 0 Å². The first-order valence-corrected chi connectivity index (χ1v) is 7.87. The molecule has 1 aliphatic carbocycles. The molecule has 1 saturated carbocycles. The SMILES string of the molecule is CCC(CC)n1ccc(CC(O)C2CCCC2C)n1. The Labute approximate surface area is 117 Å². The smallest absolute Gasteiger partial charge is 0.0650 e. The maximum atomic E-state index is 10.4. The van der Waals surface area contributed by atoms with Gasteiger partial charge in [-0.15, -0.1) is 0 Å². The Balaban J connectivity index is 1.95. The zero-order valence-electron chi connectivity index (χ0n) is 12.5. The summed E-state index contributed by atoms with van der Waals surface area (Å²) in [5.41, 5.74) is 1.04. The van der Waals surface area contributed by atoms with Gasteiger partial charge < -0.3 is 5.11 Å². The Hall–Kier alpha value is -0.830. The zero-order valence-corrected chi connectivity index (χ0v) is 12.5. The lowest BCUT2D eigenvalue weighted by Gasteiger charge is -2.21. The van der Waals surface area contributed by atoms with E-state index in [-0.39, 0.29) is 6.10 Å². The van der Waals surface area contributed by atoms with Crippen molar-refractivity contribution in [3.8, 4) is 0 Å². The second-order valence-corrected chi connectivity index (χ2v) is 6.10. The van der Waals surface area contributed by atoms with Crippen LogP contribution in [0, 0.1) is 11.8 Å². The van der Waals surface area contributed by atoms with E-state index in [1.54, 1.807) is 0 Å². The number of hydrogen-bond donors (Lipinski definition) is 1. The van der Waals surface area contributed by atoms with Crippen LogP contribution in [0.5, 0.6) is 0 Å². The molecule has 0 saturated heterocycles. The van der Waals surface area contributed by atoms with E-state index in [0.717, 1.165) is 18.5 Å². The van der Waals surface area contributed by atoms with Crippen LogP contribution in [-0.2, 0) is 6.42 Å². The fourth-order valence-electron chi connectivity index (χ4n) is 3.46. The summed E-state index contributed by atoms with van der Waals surface area (Å²) in [5.74, 6) is 1.13. The Morgan fingerprint density at radius 2 is 2.11 bits per heavy atom. The molecule has 19 heavy (non-hydrogen) atoms. The molecule has 108 valence electrons. The summed E-state index contributed by atoms with van der Waals surface area (Å²) >= 11 is 0. The molecule has 3 atom stereocenters. The maximum absolute atomic E-state index is 10.4. The molecule has 1 heterocycles. The molecule has 3 nitrogen and oxygen atoms in total. The minimum atomic E-state index is -0.220. The molecule has 0 spiro atoms. The van der Waals surface area contributed by atoms with E-state index >= 15 is 0 Å². The van der Waals surface area contributed by atoms with Gasteiger partial charge in [-0.2, -0.15) is 5.10 Å². The van der Waals surface area contributed by atoms with Crippen LogP contribution in [0.1, 0.15) is 64.6 Å². The Bertz CT molecular complexity index is 384. The normalized spacial score (nSPS) is 25.1. The molecule has 1 fully saturated rings. The molecular weight excluding hydrogens is 236 g/mol. The first kappa shape index (κ1) is 14.6. The molecule has 0 aromatic carbocycles. The van der Waals surface area contributed by atoms with E-state index in [0.29, 0.717) is 24.3 Å². The Morgan fingerprint density at radius 1 is 1.37 bits per heavy atom. The summed E-state index contributed by atoms with van der Waals surface area (Å²) < 4.78 is 2.07. The Kier molecular flexibility index (Phi) is 5.03. The van der Waals surface area contributed by atoms with Crippen LogP contribution in [0.4, 0.5) is 0 Å². The molecule has 1 aromatic heterocycles. The van der Waals surface area contributed by atoms with Crippen molar-refractivity contribution in [3.63, 3.8) is 0 Å². The minimum absolute atomic E-state index is 0.220. The van der Waals surface area contributed by atoms with Crippen molar-refractivity contribution in [2.24, 2.45) is 11.8 Å². The van der Waals surface area contributed by atoms with Gasteiger partial charge in [-0.1, -0.05) is 33.6 Å². The lowest BCUT2D eigenvalue weighted by atomic mass is 9.90. The molecule has 0 radical (unpaired) electrons. The predicted octanol–water partition coefficient (Wildman–Crippen LogP) is 3.58. The van der Waals surface area contributed by atoms with E-state index in [1.165, 1.54) is 19.3 Å². The minimum Gasteiger partial charge on any atom is -0.392 e. The first-order valence-electron chi connectivity index (χ1n) is 7.87. The quantitative estimate of drug-likeness (QED) is 0.852. The standard InChI is InChI=1S/C16H28N2O/c1-4-14(5-2)18-10-9-13(17-18)11-16(19)15-8-6-7-12(15)3/h9-10,12,14-16,19H,4-8,11H2,1-3H3. The topological polar surface area (TPSA) is 38.0 Å². The summed E-state index contributed by atoms with van der Waals surface area (Å²) in [4.78, 5) is 0. The van der Waals surface area contributed by atoms with Gasteiger partial charge in [0.25, 0.3) is 0 Å². The molecule has 0 bridgehead atoms. The van der Waals surface area contributed by atoms with Crippen molar-refractivity contribution in [1.29, 1.82) is 0 Å². The third kappa shape index (κ3) is 3.38. The number of hydrogen-bond acceptors (Lipinski definition) is 2. The van der Waals surface area contributed by atoms with Gasteiger partial charge >= 0.3 is 0 Å². The van der Waals surface area contributed by atoms with Crippen LogP contribution in [0.15, 0.2) is 12.3 Å². The average Bonchev–Trinajstić information content (AvgIpc) is 3.00. The van der Waals surface area contributed by atoms with E-state index < -0.39 is 0 Å². The molecular formula is C16H28N2O. The van der Waals surface area contributed by atoms with Crippen LogP contribution >= 0.6 is 0 Å². The lowest BCUT2D eigenvalue weighted by molar-refractivity contribution is 0.0890. The molecule has 0 aliphatic heterocycles. The average molecular weight is 264 g/mol. The fraction of sp³-hybridized carbons (Fsp3) is 0.812. The highest BCUT2D eigenvalue weighted by atomic mass is 16.3. The molecule has 3 heteroatoms. The van der Waals surface area contributed by atoms with Crippen molar-refractivity contribution in [2.45, 2.75) is 71.4 Å².